The number of primary amides is 1. The number of amides is 2. The van der Waals surface area contributed by atoms with Gasteiger partial charge in [0.1, 0.15) is 5.69 Å². The number of hydrogen-bond donors (Lipinski definition) is 1. The lowest BCUT2D eigenvalue weighted by Crippen LogP contribution is -2.43. The minimum atomic E-state index is -0.683. The van der Waals surface area contributed by atoms with Crippen molar-refractivity contribution in [3.8, 4) is 0 Å². The summed E-state index contributed by atoms with van der Waals surface area (Å²) in [4.78, 5) is 25.8. The lowest BCUT2D eigenvalue weighted by molar-refractivity contribution is 0.0934. The second kappa shape index (κ2) is 6.43. The number of aromatic nitrogens is 2. The molecular formula is C14H14Cl2N4O2S. The Morgan fingerprint density at radius 2 is 2.04 bits per heavy atom. The standard InChI is InChI=1S/C14H12Cl2N4O2.H2S/c1-7-6-19(8-2-3-10(15)11(16)4-8)14(22)12-9(13(17)21)5-18-20(7)12;/h2-5,7H,6H2,1H3,(H2,17,21);1H2/t7-;/m0./s1. The summed E-state index contributed by atoms with van der Waals surface area (Å²) in [5.41, 5.74) is 6.23. The molecule has 0 bridgehead atoms. The molecule has 2 amide bonds. The van der Waals surface area contributed by atoms with Crippen LogP contribution in [0, 0.1) is 0 Å². The van der Waals surface area contributed by atoms with Crippen molar-refractivity contribution in [3.05, 3.63) is 45.7 Å². The Morgan fingerprint density at radius 1 is 1.35 bits per heavy atom. The van der Waals surface area contributed by atoms with E-state index in [-0.39, 0.29) is 36.7 Å². The molecule has 1 atom stereocenters. The Kier molecular flexibility index (Phi) is 4.93. The normalized spacial score (nSPS) is 16.7. The average Bonchev–Trinajstić information content (AvgIpc) is 2.92. The van der Waals surface area contributed by atoms with E-state index in [0.29, 0.717) is 22.3 Å². The van der Waals surface area contributed by atoms with Gasteiger partial charge in [0.25, 0.3) is 11.8 Å². The van der Waals surface area contributed by atoms with Crippen LogP contribution in [0.25, 0.3) is 0 Å². The van der Waals surface area contributed by atoms with Gasteiger partial charge >= 0.3 is 0 Å². The van der Waals surface area contributed by atoms with Crippen LogP contribution in [0.1, 0.15) is 33.8 Å². The van der Waals surface area contributed by atoms with E-state index in [1.807, 2.05) is 6.92 Å². The van der Waals surface area contributed by atoms with E-state index in [1.54, 1.807) is 18.2 Å². The highest BCUT2D eigenvalue weighted by Gasteiger charge is 2.34. The summed E-state index contributed by atoms with van der Waals surface area (Å²) in [6, 6.07) is 4.84. The number of nitrogens with zero attached hydrogens (tertiary/aromatic N) is 3. The Hall–Kier alpha value is -1.70. The number of carbonyl (C=O) groups excluding carboxylic acids is 2. The van der Waals surface area contributed by atoms with E-state index in [2.05, 4.69) is 5.10 Å². The largest absolute Gasteiger partial charge is 0.365 e. The zero-order chi connectivity index (χ0) is 16.0. The topological polar surface area (TPSA) is 81.2 Å². The number of hydrogen-bond acceptors (Lipinski definition) is 3. The van der Waals surface area contributed by atoms with E-state index in [9.17, 15) is 9.59 Å². The maximum atomic E-state index is 12.7. The third-order valence-corrected chi connectivity index (χ3v) is 4.33. The van der Waals surface area contributed by atoms with Crippen LogP contribution >= 0.6 is 36.7 Å². The average molecular weight is 373 g/mol. The first kappa shape index (κ1) is 17.7. The molecule has 0 radical (unpaired) electrons. The van der Waals surface area contributed by atoms with Crippen molar-refractivity contribution >= 4 is 54.2 Å². The van der Waals surface area contributed by atoms with E-state index < -0.39 is 5.91 Å². The van der Waals surface area contributed by atoms with Gasteiger partial charge in [0.15, 0.2) is 0 Å². The smallest absolute Gasteiger partial charge is 0.277 e. The molecule has 122 valence electrons. The predicted octanol–water partition coefficient (Wildman–Crippen LogP) is 2.62. The highest BCUT2D eigenvalue weighted by molar-refractivity contribution is 7.59. The number of nitrogens with two attached hydrogens (primary N) is 1. The summed E-state index contributed by atoms with van der Waals surface area (Å²) in [6.45, 7) is 2.31. The summed E-state index contributed by atoms with van der Waals surface area (Å²) in [6.07, 6.45) is 1.32. The first-order chi connectivity index (χ1) is 10.4. The first-order valence-electron chi connectivity index (χ1n) is 6.54. The van der Waals surface area contributed by atoms with Crippen LogP contribution in [0.2, 0.25) is 10.0 Å². The highest BCUT2D eigenvalue weighted by atomic mass is 35.5. The number of rotatable bonds is 2. The lowest BCUT2D eigenvalue weighted by atomic mass is 10.1. The molecule has 1 aliphatic heterocycles. The van der Waals surface area contributed by atoms with Gasteiger partial charge in [-0.2, -0.15) is 18.6 Å². The summed E-state index contributed by atoms with van der Waals surface area (Å²) in [7, 11) is 0. The fourth-order valence-electron chi connectivity index (χ4n) is 2.52. The molecule has 0 saturated carbocycles. The van der Waals surface area contributed by atoms with Crippen molar-refractivity contribution in [2.24, 2.45) is 5.73 Å². The van der Waals surface area contributed by atoms with Gasteiger partial charge in [-0.05, 0) is 25.1 Å². The van der Waals surface area contributed by atoms with Crippen LogP contribution in [0.5, 0.6) is 0 Å². The zero-order valence-electron chi connectivity index (χ0n) is 12.1. The van der Waals surface area contributed by atoms with Crippen molar-refractivity contribution < 1.29 is 9.59 Å². The molecular weight excluding hydrogens is 359 g/mol. The van der Waals surface area contributed by atoms with Crippen molar-refractivity contribution in [1.29, 1.82) is 0 Å². The maximum absolute atomic E-state index is 12.7. The van der Waals surface area contributed by atoms with Gasteiger partial charge in [0.05, 0.1) is 27.8 Å². The van der Waals surface area contributed by atoms with Gasteiger partial charge < -0.3 is 10.6 Å². The van der Waals surface area contributed by atoms with Gasteiger partial charge in [-0.15, -0.1) is 0 Å². The molecule has 6 nitrogen and oxygen atoms in total. The molecule has 0 aliphatic carbocycles. The lowest BCUT2D eigenvalue weighted by Gasteiger charge is -2.32. The maximum Gasteiger partial charge on any atom is 0.277 e. The van der Waals surface area contributed by atoms with Crippen LogP contribution in [-0.2, 0) is 0 Å². The number of fused-ring (bicyclic) bond motifs is 1. The second-order valence-electron chi connectivity index (χ2n) is 5.08. The molecule has 0 unspecified atom stereocenters. The fourth-order valence-corrected chi connectivity index (χ4v) is 2.81. The van der Waals surface area contributed by atoms with Crippen molar-refractivity contribution in [1.82, 2.24) is 9.78 Å². The number of carbonyl (C=O) groups is 2. The molecule has 2 N–H and O–H groups in total. The molecule has 0 saturated heterocycles. The molecule has 2 heterocycles. The van der Waals surface area contributed by atoms with Gasteiger partial charge in [0, 0.05) is 12.2 Å². The summed E-state index contributed by atoms with van der Waals surface area (Å²) >= 11 is 11.9. The number of halogens is 2. The minimum absolute atomic E-state index is 0. The molecule has 9 heteroatoms. The monoisotopic (exact) mass is 372 g/mol. The van der Waals surface area contributed by atoms with Crippen LogP contribution in [0.3, 0.4) is 0 Å². The number of anilines is 1. The van der Waals surface area contributed by atoms with Crippen LogP contribution in [-0.4, -0.2) is 28.1 Å². The second-order valence-corrected chi connectivity index (χ2v) is 5.89. The molecule has 0 fully saturated rings. The Labute approximate surface area is 149 Å². The third-order valence-electron chi connectivity index (χ3n) is 3.59. The van der Waals surface area contributed by atoms with Gasteiger partial charge in [-0.25, -0.2) is 0 Å². The molecule has 23 heavy (non-hydrogen) atoms. The predicted molar refractivity (Wildman–Crippen MR) is 94.0 cm³/mol. The minimum Gasteiger partial charge on any atom is -0.365 e. The van der Waals surface area contributed by atoms with Crippen molar-refractivity contribution in [2.45, 2.75) is 13.0 Å². The van der Waals surface area contributed by atoms with Gasteiger partial charge in [-0.1, -0.05) is 23.2 Å². The van der Waals surface area contributed by atoms with Crippen LogP contribution < -0.4 is 10.6 Å². The molecule has 1 aromatic carbocycles. The van der Waals surface area contributed by atoms with Gasteiger partial charge in [0.2, 0.25) is 0 Å². The van der Waals surface area contributed by atoms with Crippen molar-refractivity contribution in [2.75, 3.05) is 11.4 Å². The SMILES string of the molecule is C[C@H]1CN(c2ccc(Cl)c(Cl)c2)C(=O)c2c(C(N)=O)cnn21.S. The Morgan fingerprint density at radius 3 is 2.65 bits per heavy atom. The molecule has 3 rings (SSSR count). The molecule has 1 aromatic heterocycles. The first-order valence-corrected chi connectivity index (χ1v) is 7.30. The van der Waals surface area contributed by atoms with Crippen molar-refractivity contribution in [3.63, 3.8) is 0 Å². The summed E-state index contributed by atoms with van der Waals surface area (Å²) in [5, 5.41) is 4.85. The van der Waals surface area contributed by atoms with E-state index in [1.165, 1.54) is 15.8 Å². The highest BCUT2D eigenvalue weighted by Crippen LogP contribution is 2.31. The zero-order valence-corrected chi connectivity index (χ0v) is 14.6. The third kappa shape index (κ3) is 2.91. The van der Waals surface area contributed by atoms with Crippen LogP contribution in [0.15, 0.2) is 24.4 Å². The summed E-state index contributed by atoms with van der Waals surface area (Å²) in [5.74, 6) is -1.03. The quantitative estimate of drug-likeness (QED) is 0.879. The Balaban J connectivity index is 0.00000192. The van der Waals surface area contributed by atoms with Gasteiger partial charge in [-0.3, -0.25) is 14.3 Å². The van der Waals surface area contributed by atoms with E-state index in [0.717, 1.165) is 0 Å². The molecule has 0 spiro atoms. The summed E-state index contributed by atoms with van der Waals surface area (Å²) < 4.78 is 1.52. The molecule has 2 aromatic rings. The van der Waals surface area contributed by atoms with E-state index >= 15 is 0 Å². The number of benzene rings is 1. The Bertz CT molecular complexity index is 793. The fraction of sp³-hybridized carbons (Fsp3) is 0.214. The van der Waals surface area contributed by atoms with Crippen LogP contribution in [0.4, 0.5) is 5.69 Å². The molecule has 1 aliphatic rings. The van der Waals surface area contributed by atoms with E-state index in [4.69, 9.17) is 28.9 Å².